The van der Waals surface area contributed by atoms with Gasteiger partial charge in [0.2, 0.25) is 5.91 Å². The van der Waals surface area contributed by atoms with Crippen LogP contribution in [0.5, 0.6) is 0 Å². The minimum atomic E-state index is -0.967. The summed E-state index contributed by atoms with van der Waals surface area (Å²) in [5.41, 5.74) is 6.16. The minimum absolute atomic E-state index is 0.237. The number of aryl methyl sites for hydroxylation is 1. The Hall–Kier alpha value is -1.79. The number of nitrogens with zero attached hydrogens (tertiary/aromatic N) is 1. The largest absolute Gasteiger partial charge is 0.318 e. The van der Waals surface area contributed by atoms with Crippen LogP contribution in [0.4, 0.5) is 9.52 Å². The van der Waals surface area contributed by atoms with Gasteiger partial charge >= 0.3 is 0 Å². The fraction of sp³-hybridized carbons (Fsp3) is 0.333. The monoisotopic (exact) mass is 307 g/mol. The van der Waals surface area contributed by atoms with E-state index in [-0.39, 0.29) is 11.7 Å². The number of hydrogen-bond donors (Lipinski definition) is 2. The molecule has 0 spiro atoms. The third-order valence-corrected chi connectivity index (χ3v) is 4.08. The lowest BCUT2D eigenvalue weighted by Gasteiger charge is -2.16. The minimum Gasteiger partial charge on any atom is -0.318 e. The van der Waals surface area contributed by atoms with Gasteiger partial charge in [-0.1, -0.05) is 18.2 Å². The average molecular weight is 307 g/mol. The maximum atomic E-state index is 13.7. The molecule has 1 amide bonds. The molecule has 3 N–H and O–H groups in total. The van der Waals surface area contributed by atoms with E-state index in [9.17, 15) is 9.18 Å². The van der Waals surface area contributed by atoms with Crippen molar-refractivity contribution in [1.29, 1.82) is 0 Å². The molecule has 6 heteroatoms. The van der Waals surface area contributed by atoms with E-state index < -0.39 is 5.54 Å². The van der Waals surface area contributed by atoms with Crippen molar-refractivity contribution in [3.05, 3.63) is 46.2 Å². The number of nitrogens with two attached hydrogens (primary N) is 1. The molecule has 4 nitrogen and oxygen atoms in total. The zero-order valence-electron chi connectivity index (χ0n) is 12.2. The number of nitrogens with one attached hydrogen (secondary N) is 1. The SMILES string of the molecule is Cc1nc(NC(=O)C(C)(C)N)sc1Cc1ccccc1F. The van der Waals surface area contributed by atoms with Crippen LogP contribution in [0, 0.1) is 12.7 Å². The summed E-state index contributed by atoms with van der Waals surface area (Å²) in [5, 5.41) is 3.18. The molecule has 0 atom stereocenters. The van der Waals surface area contributed by atoms with Gasteiger partial charge in [-0.15, -0.1) is 11.3 Å². The van der Waals surface area contributed by atoms with Gasteiger partial charge in [-0.2, -0.15) is 0 Å². The smallest absolute Gasteiger partial charge is 0.245 e. The van der Waals surface area contributed by atoms with Crippen molar-refractivity contribution in [1.82, 2.24) is 4.98 Å². The Morgan fingerprint density at radius 2 is 2.10 bits per heavy atom. The molecule has 0 saturated heterocycles. The van der Waals surface area contributed by atoms with E-state index >= 15 is 0 Å². The molecule has 0 aliphatic carbocycles. The highest BCUT2D eigenvalue weighted by Gasteiger charge is 2.23. The Balaban J connectivity index is 2.17. The lowest BCUT2D eigenvalue weighted by atomic mass is 10.1. The number of amides is 1. The van der Waals surface area contributed by atoms with E-state index in [1.807, 2.05) is 6.92 Å². The van der Waals surface area contributed by atoms with Gasteiger partial charge in [0.15, 0.2) is 5.13 Å². The fourth-order valence-corrected chi connectivity index (χ4v) is 2.70. The van der Waals surface area contributed by atoms with Gasteiger partial charge in [0.1, 0.15) is 5.82 Å². The summed E-state index contributed by atoms with van der Waals surface area (Å²) in [6.07, 6.45) is 0.456. The first-order chi connectivity index (χ1) is 9.77. The molecule has 1 aromatic carbocycles. The summed E-state index contributed by atoms with van der Waals surface area (Å²) >= 11 is 1.34. The van der Waals surface area contributed by atoms with Gasteiger partial charge in [0.25, 0.3) is 0 Å². The topological polar surface area (TPSA) is 68.0 Å². The zero-order chi connectivity index (χ0) is 15.6. The Morgan fingerprint density at radius 3 is 2.71 bits per heavy atom. The number of hydrogen-bond acceptors (Lipinski definition) is 4. The van der Waals surface area contributed by atoms with Crippen molar-refractivity contribution >= 4 is 22.4 Å². The number of thiazole rings is 1. The van der Waals surface area contributed by atoms with Gasteiger partial charge in [-0.05, 0) is 32.4 Å². The normalized spacial score (nSPS) is 11.5. The number of halogens is 1. The zero-order valence-corrected chi connectivity index (χ0v) is 13.1. The molecular formula is C15H18FN3OS. The summed E-state index contributed by atoms with van der Waals surface area (Å²) in [6, 6.07) is 6.64. The van der Waals surface area contributed by atoms with Crippen LogP contribution in [0.2, 0.25) is 0 Å². The molecule has 2 aromatic rings. The number of carbonyl (C=O) groups excluding carboxylic acids is 1. The Labute approximate surface area is 127 Å². The van der Waals surface area contributed by atoms with Crippen LogP contribution in [0.15, 0.2) is 24.3 Å². The molecule has 0 fully saturated rings. The van der Waals surface area contributed by atoms with Gasteiger partial charge in [-0.3, -0.25) is 4.79 Å². The predicted molar refractivity (Wildman–Crippen MR) is 83.0 cm³/mol. The second kappa shape index (κ2) is 5.91. The van der Waals surface area contributed by atoms with Crippen molar-refractivity contribution in [2.24, 2.45) is 5.73 Å². The average Bonchev–Trinajstić information content (AvgIpc) is 2.71. The van der Waals surface area contributed by atoms with Crippen molar-refractivity contribution in [3.8, 4) is 0 Å². The lowest BCUT2D eigenvalue weighted by molar-refractivity contribution is -0.120. The van der Waals surface area contributed by atoms with E-state index in [0.717, 1.165) is 10.6 Å². The number of rotatable bonds is 4. The van der Waals surface area contributed by atoms with Gasteiger partial charge < -0.3 is 11.1 Å². The Bertz CT molecular complexity index is 661. The van der Waals surface area contributed by atoms with Crippen molar-refractivity contribution in [2.75, 3.05) is 5.32 Å². The predicted octanol–water partition coefficient (Wildman–Crippen LogP) is 2.86. The molecule has 21 heavy (non-hydrogen) atoms. The van der Waals surface area contributed by atoms with Gasteiger partial charge in [-0.25, -0.2) is 9.37 Å². The van der Waals surface area contributed by atoms with Gasteiger partial charge in [0.05, 0.1) is 11.2 Å². The van der Waals surface area contributed by atoms with E-state index in [1.54, 1.807) is 32.0 Å². The highest BCUT2D eigenvalue weighted by molar-refractivity contribution is 7.15. The maximum absolute atomic E-state index is 13.7. The third kappa shape index (κ3) is 3.86. The van der Waals surface area contributed by atoms with E-state index in [2.05, 4.69) is 10.3 Å². The van der Waals surface area contributed by atoms with Crippen LogP contribution in [0.3, 0.4) is 0 Å². The second-order valence-corrected chi connectivity index (χ2v) is 6.56. The van der Waals surface area contributed by atoms with Crippen LogP contribution in [0.25, 0.3) is 0 Å². The second-order valence-electron chi connectivity index (χ2n) is 5.47. The lowest BCUT2D eigenvalue weighted by Crippen LogP contribution is -2.45. The van der Waals surface area contributed by atoms with Crippen LogP contribution < -0.4 is 11.1 Å². The molecule has 0 aliphatic rings. The molecule has 1 aromatic heterocycles. The first-order valence-corrected chi connectivity index (χ1v) is 7.39. The molecule has 0 unspecified atom stereocenters. The van der Waals surface area contributed by atoms with E-state index in [1.165, 1.54) is 17.4 Å². The molecule has 0 saturated carbocycles. The van der Waals surface area contributed by atoms with Crippen LogP contribution in [-0.4, -0.2) is 16.4 Å². The van der Waals surface area contributed by atoms with Crippen LogP contribution >= 0.6 is 11.3 Å². The maximum Gasteiger partial charge on any atom is 0.245 e. The highest BCUT2D eigenvalue weighted by Crippen LogP contribution is 2.26. The molecule has 1 heterocycles. The number of benzene rings is 1. The summed E-state index contributed by atoms with van der Waals surface area (Å²) in [4.78, 5) is 17.1. The van der Waals surface area contributed by atoms with Gasteiger partial charge in [0, 0.05) is 11.3 Å². The summed E-state index contributed by atoms with van der Waals surface area (Å²) in [5.74, 6) is -0.535. The number of aromatic nitrogens is 1. The fourth-order valence-electron chi connectivity index (χ4n) is 1.72. The van der Waals surface area contributed by atoms with Crippen molar-refractivity contribution in [3.63, 3.8) is 0 Å². The number of carbonyl (C=O) groups is 1. The summed E-state index contributed by atoms with van der Waals surface area (Å²) in [6.45, 7) is 5.10. The molecule has 0 bridgehead atoms. The molecule has 112 valence electrons. The summed E-state index contributed by atoms with van der Waals surface area (Å²) < 4.78 is 13.7. The van der Waals surface area contributed by atoms with E-state index in [0.29, 0.717) is 17.1 Å². The Kier molecular flexibility index (Phi) is 4.39. The number of anilines is 1. The van der Waals surface area contributed by atoms with Crippen molar-refractivity contribution < 1.29 is 9.18 Å². The third-order valence-electron chi connectivity index (χ3n) is 3.01. The molecular weight excluding hydrogens is 289 g/mol. The van der Waals surface area contributed by atoms with Crippen LogP contribution in [-0.2, 0) is 11.2 Å². The van der Waals surface area contributed by atoms with E-state index in [4.69, 9.17) is 5.73 Å². The molecule has 0 radical (unpaired) electrons. The Morgan fingerprint density at radius 1 is 1.43 bits per heavy atom. The van der Waals surface area contributed by atoms with Crippen LogP contribution in [0.1, 0.15) is 30.0 Å². The highest BCUT2D eigenvalue weighted by atomic mass is 32.1. The van der Waals surface area contributed by atoms with Crippen molar-refractivity contribution in [2.45, 2.75) is 32.7 Å². The molecule has 2 rings (SSSR count). The molecule has 0 aliphatic heterocycles. The summed E-state index contributed by atoms with van der Waals surface area (Å²) in [7, 11) is 0. The first kappa shape index (κ1) is 15.6. The quantitative estimate of drug-likeness (QED) is 0.912. The standard InChI is InChI=1S/C15H18FN3OS/c1-9-12(8-10-6-4-5-7-11(10)16)21-14(18-9)19-13(20)15(2,3)17/h4-7H,8,17H2,1-3H3,(H,18,19,20). The first-order valence-electron chi connectivity index (χ1n) is 6.57.